The van der Waals surface area contributed by atoms with Crippen LogP contribution in [0.5, 0.6) is 0 Å². The van der Waals surface area contributed by atoms with Crippen molar-refractivity contribution in [3.63, 3.8) is 0 Å². The van der Waals surface area contributed by atoms with Crippen molar-refractivity contribution in [2.75, 3.05) is 0 Å². The fraction of sp³-hybridized carbons (Fsp3) is 0.231. The molecule has 0 unspecified atom stereocenters. The van der Waals surface area contributed by atoms with Crippen molar-refractivity contribution in [3.05, 3.63) is 44.1 Å². The molecule has 0 atom stereocenters. The second-order valence-electron chi connectivity index (χ2n) is 5.26. The lowest BCUT2D eigenvalue weighted by atomic mass is 10.1. The summed E-state index contributed by atoms with van der Waals surface area (Å²) in [6, 6.07) is 3.59. The maximum atomic E-state index is 12.3. The summed E-state index contributed by atoms with van der Waals surface area (Å²) in [6.07, 6.45) is 0. The van der Waals surface area contributed by atoms with Crippen LogP contribution in [0.1, 0.15) is 11.1 Å². The van der Waals surface area contributed by atoms with Crippen LogP contribution in [0.25, 0.3) is 22.6 Å². The van der Waals surface area contributed by atoms with Gasteiger partial charge in [-0.1, -0.05) is 4.73 Å². The number of hydrogen-bond acceptors (Lipinski definition) is 7. The molecular weight excluding hydrogens is 340 g/mol. The lowest BCUT2D eigenvalue weighted by Crippen LogP contribution is -2.44. The molecule has 0 amide bonds. The zero-order valence-electron chi connectivity index (χ0n) is 12.8. The van der Waals surface area contributed by atoms with Crippen molar-refractivity contribution in [2.45, 2.75) is 13.8 Å². The van der Waals surface area contributed by atoms with E-state index in [1.54, 1.807) is 13.1 Å². The zero-order valence-corrected chi connectivity index (χ0v) is 13.7. The second kappa shape index (κ2) is 5.11. The van der Waals surface area contributed by atoms with Gasteiger partial charge in [-0.25, -0.2) is 9.78 Å². The lowest BCUT2D eigenvalue weighted by molar-refractivity contribution is 0.217. The molecule has 1 N–H and O–H groups in total. The molecule has 0 fully saturated rings. The first-order valence-electron chi connectivity index (χ1n) is 6.66. The molecule has 0 saturated carbocycles. The molecule has 3 rings (SSSR count). The molecule has 0 saturated heterocycles. The molecule has 0 aliphatic carbocycles. The fourth-order valence-electron chi connectivity index (χ4n) is 2.34. The number of fused-ring (bicyclic) bond motifs is 2. The third kappa shape index (κ3) is 2.53. The van der Waals surface area contributed by atoms with Gasteiger partial charge in [-0.15, -0.1) is 0 Å². The van der Waals surface area contributed by atoms with E-state index in [1.165, 1.54) is 4.57 Å². The number of rotatable bonds is 2. The van der Waals surface area contributed by atoms with E-state index in [9.17, 15) is 18.0 Å². The quantitative estimate of drug-likeness (QED) is 0.479. The minimum absolute atomic E-state index is 0.0315. The second-order valence-corrected chi connectivity index (χ2v) is 6.27. The van der Waals surface area contributed by atoms with E-state index >= 15 is 0 Å². The van der Waals surface area contributed by atoms with E-state index in [0.717, 1.165) is 11.1 Å². The van der Waals surface area contributed by atoms with Gasteiger partial charge in [0.05, 0.1) is 11.0 Å². The highest BCUT2D eigenvalue weighted by Gasteiger charge is 2.23. The molecular formula is C13H12N4O6S. The number of aromatic nitrogens is 4. The first kappa shape index (κ1) is 16.1. The predicted molar refractivity (Wildman–Crippen MR) is 83.3 cm³/mol. The standard InChI is InChI=1S/C13H12N4O6S/c1-6-4-8-9(5-7(6)2)16(3)11-10(14-8)12(18)17(13(19)15-11)23-24(20,21)22/h4-5H,1-3H3,(H,20,21,22). The zero-order chi connectivity index (χ0) is 17.8. The van der Waals surface area contributed by atoms with Crippen LogP contribution in [-0.4, -0.2) is 32.2 Å². The normalized spacial score (nSPS) is 12.0. The Balaban J connectivity index is 2.47. The summed E-state index contributed by atoms with van der Waals surface area (Å²) in [7, 11) is -3.47. The van der Waals surface area contributed by atoms with Gasteiger partial charge < -0.3 is 4.57 Å². The van der Waals surface area contributed by atoms with Crippen molar-refractivity contribution in [1.82, 2.24) is 19.3 Å². The van der Waals surface area contributed by atoms with Crippen LogP contribution >= 0.6 is 0 Å². The molecule has 126 valence electrons. The molecule has 1 aromatic rings. The molecule has 0 radical (unpaired) electrons. The van der Waals surface area contributed by atoms with E-state index in [1.807, 2.05) is 19.9 Å². The number of hydrogen-bond donors (Lipinski definition) is 1. The van der Waals surface area contributed by atoms with Crippen LogP contribution in [0, 0.1) is 13.8 Å². The van der Waals surface area contributed by atoms with E-state index in [2.05, 4.69) is 14.3 Å². The Bertz CT molecular complexity index is 1180. The van der Waals surface area contributed by atoms with E-state index in [4.69, 9.17) is 4.55 Å². The predicted octanol–water partition coefficient (Wildman–Crippen LogP) is -0.557. The summed E-state index contributed by atoms with van der Waals surface area (Å²) in [4.78, 5) is 32.0. The van der Waals surface area contributed by atoms with Gasteiger partial charge in [-0.05, 0) is 37.1 Å². The van der Waals surface area contributed by atoms with Gasteiger partial charge in [0, 0.05) is 7.05 Å². The van der Waals surface area contributed by atoms with Crippen molar-refractivity contribution >= 4 is 21.4 Å². The highest BCUT2D eigenvalue weighted by atomic mass is 32.3. The summed E-state index contributed by atoms with van der Waals surface area (Å²) < 4.78 is 35.6. The number of aryl methyl sites for hydroxylation is 3. The summed E-state index contributed by atoms with van der Waals surface area (Å²) in [5, 5.41) is 0. The van der Waals surface area contributed by atoms with E-state index in [0.29, 0.717) is 11.0 Å². The van der Waals surface area contributed by atoms with Gasteiger partial charge in [-0.2, -0.15) is 13.4 Å². The minimum Gasteiger partial charge on any atom is -0.325 e. The first-order valence-corrected chi connectivity index (χ1v) is 8.03. The SMILES string of the molecule is Cc1cc2nc3c(=O)n(OS(=O)(=O)O)c(=O)nc-3n(C)c2cc1C. The van der Waals surface area contributed by atoms with Crippen LogP contribution in [0.2, 0.25) is 0 Å². The highest BCUT2D eigenvalue weighted by molar-refractivity contribution is 7.81. The topological polar surface area (TPSA) is 133 Å². The maximum absolute atomic E-state index is 12.3. The molecule has 0 aromatic heterocycles. The molecule has 2 aliphatic heterocycles. The highest BCUT2D eigenvalue weighted by Crippen LogP contribution is 2.22. The summed E-state index contributed by atoms with van der Waals surface area (Å²) in [6.45, 7) is 3.78. The van der Waals surface area contributed by atoms with Crippen LogP contribution < -0.4 is 15.5 Å². The van der Waals surface area contributed by atoms with E-state index < -0.39 is 21.6 Å². The Labute approximate surface area is 135 Å². The summed E-state index contributed by atoms with van der Waals surface area (Å²) in [5.41, 5.74) is 0.344. The third-order valence-electron chi connectivity index (χ3n) is 3.65. The molecule has 2 heterocycles. The van der Waals surface area contributed by atoms with Crippen molar-refractivity contribution in [3.8, 4) is 11.5 Å². The average molecular weight is 352 g/mol. The number of benzene rings is 1. The van der Waals surface area contributed by atoms with Crippen LogP contribution in [-0.2, 0) is 17.4 Å². The lowest BCUT2D eigenvalue weighted by Gasteiger charge is -2.14. The Hall–Kier alpha value is -2.79. The van der Waals surface area contributed by atoms with Gasteiger partial charge in [0.15, 0.2) is 11.5 Å². The molecule has 0 bridgehead atoms. The minimum atomic E-state index is -5.07. The van der Waals surface area contributed by atoms with Crippen molar-refractivity contribution < 1.29 is 17.3 Å². The molecule has 11 heteroatoms. The monoisotopic (exact) mass is 352 g/mol. The van der Waals surface area contributed by atoms with Crippen molar-refractivity contribution in [1.29, 1.82) is 0 Å². The van der Waals surface area contributed by atoms with Crippen LogP contribution in [0.4, 0.5) is 0 Å². The molecule has 24 heavy (non-hydrogen) atoms. The van der Waals surface area contributed by atoms with Gasteiger partial charge in [0.25, 0.3) is 0 Å². The van der Waals surface area contributed by atoms with Crippen LogP contribution in [0.15, 0.2) is 21.7 Å². The molecule has 2 aliphatic rings. The smallest absolute Gasteiger partial charge is 0.325 e. The average Bonchev–Trinajstić information content (AvgIpc) is 2.46. The fourth-order valence-corrected chi connectivity index (χ4v) is 2.66. The first-order chi connectivity index (χ1) is 11.1. The Morgan fingerprint density at radius 3 is 2.38 bits per heavy atom. The number of nitrogens with zero attached hydrogens (tertiary/aromatic N) is 4. The Kier molecular flexibility index (Phi) is 3.42. The van der Waals surface area contributed by atoms with E-state index in [-0.39, 0.29) is 16.2 Å². The van der Waals surface area contributed by atoms with Crippen molar-refractivity contribution in [2.24, 2.45) is 7.05 Å². The Morgan fingerprint density at radius 1 is 1.12 bits per heavy atom. The van der Waals surface area contributed by atoms with Gasteiger partial charge in [0.2, 0.25) is 0 Å². The third-order valence-corrected chi connectivity index (χ3v) is 3.98. The summed E-state index contributed by atoms with van der Waals surface area (Å²) >= 11 is 0. The largest absolute Gasteiger partial charge is 0.465 e. The van der Waals surface area contributed by atoms with Gasteiger partial charge in [0.1, 0.15) is 0 Å². The Morgan fingerprint density at radius 2 is 1.75 bits per heavy atom. The van der Waals surface area contributed by atoms with Gasteiger partial charge >= 0.3 is 21.6 Å². The molecule has 10 nitrogen and oxygen atoms in total. The maximum Gasteiger partial charge on any atom is 0.465 e. The summed E-state index contributed by atoms with van der Waals surface area (Å²) in [5.74, 6) is -0.0315. The van der Waals surface area contributed by atoms with Crippen LogP contribution in [0.3, 0.4) is 0 Å². The molecule has 0 spiro atoms. The van der Waals surface area contributed by atoms with Gasteiger partial charge in [-0.3, -0.25) is 13.6 Å². The molecule has 1 aromatic carbocycles.